The van der Waals surface area contributed by atoms with Gasteiger partial charge in [-0.25, -0.2) is 9.59 Å². The summed E-state index contributed by atoms with van der Waals surface area (Å²) in [6, 6.07) is 12.7. The topological polar surface area (TPSA) is 79.6 Å². The van der Waals surface area contributed by atoms with Crippen LogP contribution in [0.2, 0.25) is 0 Å². The number of nitrogens with zero attached hydrogens (tertiary/aromatic N) is 1. The Labute approximate surface area is 172 Å². The molecule has 3 aromatic rings. The number of amides is 3. The van der Waals surface area contributed by atoms with Crippen LogP contribution in [0.4, 0.5) is 4.79 Å². The highest BCUT2D eigenvalue weighted by Gasteiger charge is 2.55. The molecule has 2 aliphatic carbocycles. The van der Waals surface area contributed by atoms with Crippen molar-refractivity contribution in [2.45, 2.75) is 44.2 Å². The van der Waals surface area contributed by atoms with Gasteiger partial charge in [0, 0.05) is 11.5 Å². The highest BCUT2D eigenvalue weighted by Crippen LogP contribution is 2.42. The number of hydrogen-bond donors (Lipinski definition) is 1. The van der Waals surface area contributed by atoms with Gasteiger partial charge in [0.15, 0.2) is 0 Å². The monoisotopic (exact) mass is 400 g/mol. The number of rotatable bonds is 2. The molecular weight excluding hydrogens is 380 g/mol. The third kappa shape index (κ3) is 2.33. The second-order valence-corrected chi connectivity index (χ2v) is 8.45. The first-order valence-electron chi connectivity index (χ1n) is 10.4. The van der Waals surface area contributed by atoms with Crippen molar-refractivity contribution in [3.63, 3.8) is 0 Å². The fourth-order valence-electron chi connectivity index (χ4n) is 5.33. The number of fused-ring (bicyclic) bond motifs is 4. The normalized spacial score (nSPS) is 22.1. The molecule has 1 fully saturated rings. The number of benzene rings is 2. The van der Waals surface area contributed by atoms with E-state index in [4.69, 9.17) is 4.42 Å². The van der Waals surface area contributed by atoms with E-state index in [1.165, 1.54) is 22.1 Å². The molecule has 1 N–H and O–H groups in total. The van der Waals surface area contributed by atoms with Crippen LogP contribution >= 0.6 is 0 Å². The predicted octanol–water partition coefficient (Wildman–Crippen LogP) is 3.18. The number of aryl methyl sites for hydroxylation is 3. The Balaban J connectivity index is 1.42. The molecule has 0 unspecified atom stereocenters. The molecule has 3 aliphatic rings. The molecule has 0 saturated carbocycles. The van der Waals surface area contributed by atoms with E-state index in [-0.39, 0.29) is 12.5 Å². The van der Waals surface area contributed by atoms with Crippen LogP contribution in [-0.4, -0.2) is 16.8 Å². The van der Waals surface area contributed by atoms with Crippen LogP contribution in [0.15, 0.2) is 51.7 Å². The van der Waals surface area contributed by atoms with Gasteiger partial charge in [-0.05, 0) is 72.1 Å². The summed E-state index contributed by atoms with van der Waals surface area (Å²) in [5, 5.41) is 3.74. The molecule has 1 aliphatic heterocycles. The summed E-state index contributed by atoms with van der Waals surface area (Å²) in [4.78, 5) is 39.7. The van der Waals surface area contributed by atoms with E-state index in [0.29, 0.717) is 17.6 Å². The molecule has 1 saturated heterocycles. The molecule has 6 nitrogen and oxygen atoms in total. The maximum absolute atomic E-state index is 13.5. The molecule has 0 radical (unpaired) electrons. The molecule has 0 bridgehead atoms. The van der Waals surface area contributed by atoms with E-state index in [0.717, 1.165) is 42.2 Å². The van der Waals surface area contributed by atoms with E-state index in [9.17, 15) is 14.4 Å². The lowest BCUT2D eigenvalue weighted by Crippen LogP contribution is -2.41. The minimum atomic E-state index is -0.996. The van der Waals surface area contributed by atoms with E-state index in [1.54, 1.807) is 0 Å². The minimum Gasteiger partial charge on any atom is -0.423 e. The average molecular weight is 400 g/mol. The maximum Gasteiger partial charge on any atom is 0.336 e. The highest BCUT2D eigenvalue weighted by molar-refractivity contribution is 6.08. The van der Waals surface area contributed by atoms with Gasteiger partial charge in [0.1, 0.15) is 11.1 Å². The van der Waals surface area contributed by atoms with Gasteiger partial charge in [0.05, 0.1) is 6.54 Å². The Hall–Kier alpha value is -3.41. The van der Waals surface area contributed by atoms with Gasteiger partial charge in [-0.3, -0.25) is 9.69 Å². The largest absolute Gasteiger partial charge is 0.423 e. The Bertz CT molecular complexity index is 1310. The maximum atomic E-state index is 13.5. The summed E-state index contributed by atoms with van der Waals surface area (Å²) in [6.45, 7) is 0.0511. The molecular formula is C24H20N2O4. The van der Waals surface area contributed by atoms with Gasteiger partial charge >= 0.3 is 11.7 Å². The second kappa shape index (κ2) is 6.05. The third-order valence-electron chi connectivity index (χ3n) is 6.79. The first-order valence-corrected chi connectivity index (χ1v) is 10.4. The SMILES string of the molecule is O=C1N[C@]2(CCc3ccccc32)C(=O)N1Cc1cc(=O)oc2cc3c(cc12)CCC3. The first kappa shape index (κ1) is 17.4. The lowest BCUT2D eigenvalue weighted by Gasteiger charge is -2.22. The van der Waals surface area contributed by atoms with Crippen molar-refractivity contribution in [1.82, 2.24) is 10.2 Å². The van der Waals surface area contributed by atoms with Crippen molar-refractivity contribution in [2.24, 2.45) is 0 Å². The Morgan fingerprint density at radius 2 is 1.77 bits per heavy atom. The van der Waals surface area contributed by atoms with Crippen molar-refractivity contribution in [3.05, 3.63) is 80.7 Å². The summed E-state index contributed by atoms with van der Waals surface area (Å²) in [6.07, 6.45) is 4.36. The molecule has 6 heteroatoms. The molecule has 1 spiro atoms. The fraction of sp³-hybridized carbons (Fsp3) is 0.292. The molecule has 2 aromatic carbocycles. The van der Waals surface area contributed by atoms with E-state index in [1.807, 2.05) is 30.3 Å². The lowest BCUT2D eigenvalue weighted by molar-refractivity contribution is -0.132. The molecule has 2 heterocycles. The number of carbonyl (C=O) groups is 2. The Morgan fingerprint density at radius 1 is 0.967 bits per heavy atom. The predicted molar refractivity (Wildman–Crippen MR) is 110 cm³/mol. The molecule has 3 amide bonds. The number of imide groups is 1. The lowest BCUT2D eigenvalue weighted by atomic mass is 9.91. The van der Waals surface area contributed by atoms with Crippen LogP contribution in [0.5, 0.6) is 0 Å². The summed E-state index contributed by atoms with van der Waals surface area (Å²) < 4.78 is 5.43. The summed E-state index contributed by atoms with van der Waals surface area (Å²) in [5.41, 5.74) is 4.12. The smallest absolute Gasteiger partial charge is 0.336 e. The third-order valence-corrected chi connectivity index (χ3v) is 6.79. The molecule has 150 valence electrons. The van der Waals surface area contributed by atoms with Gasteiger partial charge in [0.25, 0.3) is 5.91 Å². The average Bonchev–Trinajstić information content (AvgIpc) is 3.40. The van der Waals surface area contributed by atoms with Crippen LogP contribution in [0.25, 0.3) is 11.0 Å². The van der Waals surface area contributed by atoms with Crippen molar-refractivity contribution in [2.75, 3.05) is 0 Å². The highest BCUT2D eigenvalue weighted by atomic mass is 16.4. The first-order chi connectivity index (χ1) is 14.5. The number of nitrogens with one attached hydrogen (secondary N) is 1. The van der Waals surface area contributed by atoms with Gasteiger partial charge < -0.3 is 9.73 Å². The van der Waals surface area contributed by atoms with E-state index in [2.05, 4.69) is 11.4 Å². The fourth-order valence-corrected chi connectivity index (χ4v) is 5.33. The van der Waals surface area contributed by atoms with Crippen molar-refractivity contribution >= 4 is 22.9 Å². The van der Waals surface area contributed by atoms with Crippen molar-refractivity contribution < 1.29 is 14.0 Å². The van der Waals surface area contributed by atoms with E-state index >= 15 is 0 Å². The Morgan fingerprint density at radius 3 is 2.63 bits per heavy atom. The van der Waals surface area contributed by atoms with Crippen LogP contribution < -0.4 is 10.9 Å². The van der Waals surface area contributed by atoms with Gasteiger partial charge in [-0.15, -0.1) is 0 Å². The number of urea groups is 1. The number of carbonyl (C=O) groups excluding carboxylic acids is 2. The van der Waals surface area contributed by atoms with Crippen LogP contribution in [0, 0.1) is 0 Å². The van der Waals surface area contributed by atoms with Crippen molar-refractivity contribution in [3.8, 4) is 0 Å². The molecule has 6 rings (SSSR count). The van der Waals surface area contributed by atoms with Gasteiger partial charge in [-0.1, -0.05) is 24.3 Å². The van der Waals surface area contributed by atoms with Crippen LogP contribution in [-0.2, 0) is 36.1 Å². The van der Waals surface area contributed by atoms with Gasteiger partial charge in [0.2, 0.25) is 0 Å². The zero-order valence-electron chi connectivity index (χ0n) is 16.4. The summed E-state index contributed by atoms with van der Waals surface area (Å²) >= 11 is 0. The second-order valence-electron chi connectivity index (χ2n) is 8.45. The summed E-state index contributed by atoms with van der Waals surface area (Å²) in [5.74, 6) is -0.250. The van der Waals surface area contributed by atoms with Crippen LogP contribution in [0.1, 0.15) is 40.7 Å². The quantitative estimate of drug-likeness (QED) is 0.529. The van der Waals surface area contributed by atoms with Gasteiger partial charge in [-0.2, -0.15) is 0 Å². The standard InChI is InChI=1S/C24H20N2O4/c27-21-12-17(18-10-15-5-3-6-16(15)11-20(18)30-21)13-26-22(28)24(25-23(26)29)9-8-14-4-1-2-7-19(14)24/h1-2,4,7,10-12H,3,5-6,8-9,13H2,(H,25,29)/t24-/m0/s1. The Kier molecular flexibility index (Phi) is 3.52. The van der Waals surface area contributed by atoms with E-state index < -0.39 is 17.2 Å². The number of hydrogen-bond acceptors (Lipinski definition) is 4. The zero-order valence-corrected chi connectivity index (χ0v) is 16.4. The molecule has 1 atom stereocenters. The summed E-state index contributed by atoms with van der Waals surface area (Å²) in [7, 11) is 0. The minimum absolute atomic E-state index is 0.0511. The zero-order chi connectivity index (χ0) is 20.5. The van der Waals surface area contributed by atoms with Crippen molar-refractivity contribution in [1.29, 1.82) is 0 Å². The van der Waals surface area contributed by atoms with Crippen LogP contribution in [0.3, 0.4) is 0 Å². The molecule has 1 aromatic heterocycles. The molecule has 30 heavy (non-hydrogen) atoms.